The van der Waals surface area contributed by atoms with Crippen LogP contribution >= 0.6 is 0 Å². The Kier molecular flexibility index (Phi) is 9.30. The highest BCUT2D eigenvalue weighted by Crippen LogP contribution is 2.24. The Labute approximate surface area is 234 Å². The lowest BCUT2D eigenvalue weighted by atomic mass is 9.99. The van der Waals surface area contributed by atoms with Gasteiger partial charge in [-0.15, -0.1) is 0 Å². The lowest BCUT2D eigenvalue weighted by Crippen LogP contribution is -2.53. The number of aromatic nitrogens is 2. The molecule has 0 spiro atoms. The predicted molar refractivity (Wildman–Crippen MR) is 150 cm³/mol. The van der Waals surface area contributed by atoms with Crippen LogP contribution in [-0.4, -0.2) is 100 Å². The predicted octanol–water partition coefficient (Wildman–Crippen LogP) is 0.142. The van der Waals surface area contributed by atoms with E-state index < -0.39 is 12.1 Å². The van der Waals surface area contributed by atoms with Crippen LogP contribution in [0.15, 0.2) is 35.6 Å². The number of fused-ring (bicyclic) bond motifs is 1. The quantitative estimate of drug-likeness (QED) is 0.295. The minimum atomic E-state index is -0.663. The van der Waals surface area contributed by atoms with Crippen LogP contribution in [0.4, 0.5) is 0 Å². The zero-order valence-corrected chi connectivity index (χ0v) is 23.1. The van der Waals surface area contributed by atoms with E-state index in [1.165, 1.54) is 11.1 Å². The summed E-state index contributed by atoms with van der Waals surface area (Å²) in [6.07, 6.45) is 6.01. The molecule has 2 amide bonds. The van der Waals surface area contributed by atoms with Crippen LogP contribution < -0.4 is 20.7 Å². The summed E-state index contributed by atoms with van der Waals surface area (Å²) >= 11 is 0. The molecule has 5 N–H and O–H groups in total. The van der Waals surface area contributed by atoms with Gasteiger partial charge in [-0.2, -0.15) is 5.10 Å². The van der Waals surface area contributed by atoms with E-state index in [1.807, 2.05) is 17.2 Å². The van der Waals surface area contributed by atoms with Crippen molar-refractivity contribution in [3.05, 3.63) is 47.3 Å². The van der Waals surface area contributed by atoms with E-state index in [1.54, 1.807) is 13.1 Å². The molecule has 1 unspecified atom stereocenters. The van der Waals surface area contributed by atoms with Gasteiger partial charge in [-0.05, 0) is 42.5 Å². The number of carbonyl (C=O) groups excluding carboxylic acids is 2. The minimum Gasteiger partial charge on any atom is -0.489 e. The Morgan fingerprint density at radius 2 is 2.08 bits per heavy atom. The zero-order valence-electron chi connectivity index (χ0n) is 23.1. The van der Waals surface area contributed by atoms with E-state index in [0.29, 0.717) is 26.2 Å². The molecule has 0 saturated carbocycles. The molecule has 12 heteroatoms. The van der Waals surface area contributed by atoms with Crippen molar-refractivity contribution in [1.82, 2.24) is 35.9 Å². The number of nitrogens with one attached hydrogen (secondary N) is 4. The van der Waals surface area contributed by atoms with Crippen LogP contribution in [0.2, 0.25) is 0 Å². The number of aromatic amines is 1. The maximum absolute atomic E-state index is 12.8. The molecule has 1 aromatic heterocycles. The van der Waals surface area contributed by atoms with E-state index >= 15 is 0 Å². The van der Waals surface area contributed by atoms with Gasteiger partial charge >= 0.3 is 0 Å². The molecule has 1 saturated heterocycles. The fraction of sp³-hybridized carbons (Fsp3) is 0.571. The Bertz CT molecular complexity index is 1180. The second-order valence-electron chi connectivity index (χ2n) is 10.9. The minimum absolute atomic E-state index is 0.114. The molecule has 5 rings (SSSR count). The molecule has 3 aliphatic heterocycles. The van der Waals surface area contributed by atoms with Gasteiger partial charge in [0.25, 0.3) is 0 Å². The van der Waals surface area contributed by atoms with Crippen molar-refractivity contribution < 1.29 is 19.4 Å². The smallest absolute Gasteiger partial charge is 0.237 e. The number of benzene rings is 1. The summed E-state index contributed by atoms with van der Waals surface area (Å²) in [5.41, 5.74) is 3.50. The Balaban J connectivity index is 1.01. The third kappa shape index (κ3) is 7.58. The van der Waals surface area contributed by atoms with Gasteiger partial charge in [0.15, 0.2) is 0 Å². The van der Waals surface area contributed by atoms with E-state index in [9.17, 15) is 14.7 Å². The molecule has 0 radical (unpaired) electrons. The van der Waals surface area contributed by atoms with Crippen molar-refractivity contribution >= 4 is 17.6 Å². The summed E-state index contributed by atoms with van der Waals surface area (Å²) in [6, 6.07) is 6.04. The van der Waals surface area contributed by atoms with Crippen LogP contribution in [-0.2, 0) is 29.2 Å². The first-order valence-electron chi connectivity index (χ1n) is 14.1. The molecule has 1 fully saturated rings. The molecule has 12 nitrogen and oxygen atoms in total. The molecule has 2 atom stereocenters. The summed E-state index contributed by atoms with van der Waals surface area (Å²) in [7, 11) is 0. The SMILES string of the molecule is CC(=O)N1CCC(NC2=NCNC(C(=O)NC[C@H](O)CN3CCc4cc(OCc5cn[nH]c5)ccc4C3)C2)CC1. The van der Waals surface area contributed by atoms with Gasteiger partial charge in [-0.1, -0.05) is 6.07 Å². The number of aliphatic hydroxyl groups is 1. The van der Waals surface area contributed by atoms with Crippen LogP contribution in [0.1, 0.15) is 42.9 Å². The molecular weight excluding hydrogens is 512 g/mol. The number of nitrogens with zero attached hydrogens (tertiary/aromatic N) is 4. The van der Waals surface area contributed by atoms with E-state index in [4.69, 9.17) is 4.74 Å². The third-order valence-electron chi connectivity index (χ3n) is 7.84. The largest absolute Gasteiger partial charge is 0.489 e. The maximum Gasteiger partial charge on any atom is 0.237 e. The highest BCUT2D eigenvalue weighted by Gasteiger charge is 2.27. The molecule has 0 aliphatic carbocycles. The Morgan fingerprint density at radius 3 is 2.85 bits per heavy atom. The second-order valence-corrected chi connectivity index (χ2v) is 10.9. The van der Waals surface area contributed by atoms with Crippen LogP contribution in [0.5, 0.6) is 5.75 Å². The number of likely N-dealkylation sites (tertiary alicyclic amines) is 1. The number of β-amino-alcohol motifs (C(OH)–C–C–N with tert-alkyl or cyclic N) is 1. The van der Waals surface area contributed by atoms with Gasteiger partial charge in [-0.25, -0.2) is 0 Å². The summed E-state index contributed by atoms with van der Waals surface area (Å²) in [4.78, 5) is 33.0. The van der Waals surface area contributed by atoms with Crippen LogP contribution in [0.25, 0.3) is 0 Å². The van der Waals surface area contributed by atoms with Gasteiger partial charge in [0.1, 0.15) is 18.2 Å². The van der Waals surface area contributed by atoms with Gasteiger partial charge < -0.3 is 25.4 Å². The average Bonchev–Trinajstić information content (AvgIpc) is 3.49. The number of amidine groups is 1. The molecule has 0 bridgehead atoms. The maximum atomic E-state index is 12.8. The molecule has 40 heavy (non-hydrogen) atoms. The summed E-state index contributed by atoms with van der Waals surface area (Å²) < 4.78 is 5.89. The number of rotatable bonds is 9. The average molecular weight is 553 g/mol. The van der Waals surface area contributed by atoms with Crippen molar-refractivity contribution in [2.45, 2.75) is 63.9 Å². The van der Waals surface area contributed by atoms with Gasteiger partial charge in [0, 0.05) is 70.4 Å². The number of aliphatic hydroxyl groups excluding tert-OH is 1. The lowest BCUT2D eigenvalue weighted by Gasteiger charge is -2.33. The van der Waals surface area contributed by atoms with Crippen molar-refractivity contribution in [3.8, 4) is 5.75 Å². The molecule has 1 aromatic carbocycles. The lowest BCUT2D eigenvalue weighted by molar-refractivity contribution is -0.130. The molecule has 3 aliphatic rings. The fourth-order valence-corrected chi connectivity index (χ4v) is 5.51. The number of ether oxygens (including phenoxy) is 1. The van der Waals surface area contributed by atoms with Crippen molar-refractivity contribution in [2.75, 3.05) is 39.4 Å². The number of amides is 2. The molecule has 2 aromatic rings. The topological polar surface area (TPSA) is 147 Å². The highest BCUT2D eigenvalue weighted by molar-refractivity contribution is 5.91. The first-order valence-corrected chi connectivity index (χ1v) is 14.1. The standard InChI is InChI=1S/C28H40N8O4/c1-19(37)36-8-5-23(6-9-36)34-27-11-26(30-18-31-27)28(39)29-14-24(38)16-35-7-4-21-10-25(3-2-22(21)15-35)40-17-20-12-32-33-13-20/h2-3,10,12-13,23-24,26,30,38H,4-9,11,14-18H2,1H3,(H,29,39)(H,31,34)(H,32,33)/t24-,26?/m0/s1. The van der Waals surface area contributed by atoms with E-state index in [-0.39, 0.29) is 24.4 Å². The second kappa shape index (κ2) is 13.2. The third-order valence-corrected chi connectivity index (χ3v) is 7.84. The summed E-state index contributed by atoms with van der Waals surface area (Å²) in [5.74, 6) is 1.65. The van der Waals surface area contributed by atoms with Crippen LogP contribution in [0.3, 0.4) is 0 Å². The molecule has 216 valence electrons. The summed E-state index contributed by atoms with van der Waals surface area (Å²) in [5, 5.41) is 26.9. The van der Waals surface area contributed by atoms with Gasteiger partial charge in [0.05, 0.1) is 25.0 Å². The number of hydrogen-bond acceptors (Lipinski definition) is 9. The first-order chi connectivity index (χ1) is 19.4. The number of carbonyl (C=O) groups is 2. The van der Waals surface area contributed by atoms with Crippen molar-refractivity contribution in [3.63, 3.8) is 0 Å². The zero-order chi connectivity index (χ0) is 27.9. The Hall–Kier alpha value is -3.48. The highest BCUT2D eigenvalue weighted by atomic mass is 16.5. The first kappa shape index (κ1) is 28.1. The monoisotopic (exact) mass is 552 g/mol. The van der Waals surface area contributed by atoms with E-state index in [0.717, 1.165) is 62.6 Å². The Morgan fingerprint density at radius 1 is 1.23 bits per heavy atom. The van der Waals surface area contributed by atoms with Crippen molar-refractivity contribution in [2.24, 2.45) is 4.99 Å². The van der Waals surface area contributed by atoms with Gasteiger partial charge in [-0.3, -0.25) is 29.9 Å². The number of hydrogen-bond donors (Lipinski definition) is 5. The van der Waals surface area contributed by atoms with Crippen molar-refractivity contribution in [1.29, 1.82) is 0 Å². The van der Waals surface area contributed by atoms with Crippen LogP contribution in [0, 0.1) is 0 Å². The van der Waals surface area contributed by atoms with Gasteiger partial charge in [0.2, 0.25) is 11.8 Å². The normalized spacial score (nSPS) is 20.8. The summed E-state index contributed by atoms with van der Waals surface area (Å²) in [6.45, 7) is 6.21. The molecule has 4 heterocycles. The number of H-pyrrole nitrogens is 1. The van der Waals surface area contributed by atoms with E-state index in [2.05, 4.69) is 48.2 Å². The number of aliphatic imine (C=N–C) groups is 1. The number of piperidine rings is 1. The fourth-order valence-electron chi connectivity index (χ4n) is 5.51. The molecular formula is C28H40N8O4.